The second kappa shape index (κ2) is 13.8. The Kier molecular flexibility index (Phi) is 11.6. The number of hydrogen-bond acceptors (Lipinski definition) is 8. The van der Waals surface area contributed by atoms with E-state index in [0.717, 1.165) is 25.3 Å². The number of unbranched alkanes of at least 4 members (excludes halogenated alkanes) is 2. The summed E-state index contributed by atoms with van der Waals surface area (Å²) in [4.78, 5) is 4.55. The van der Waals surface area contributed by atoms with E-state index in [9.17, 15) is 4.55 Å². The van der Waals surface area contributed by atoms with E-state index in [-0.39, 0.29) is 17.9 Å². The average Bonchev–Trinajstić information content (AvgIpc) is 3.57. The van der Waals surface area contributed by atoms with Crippen molar-refractivity contribution < 1.29 is 23.3 Å². The zero-order valence-corrected chi connectivity index (χ0v) is 26.7. The molecule has 2 aromatic heterocycles. The normalized spacial score (nSPS) is 17.7. The molecule has 1 saturated heterocycles. The summed E-state index contributed by atoms with van der Waals surface area (Å²) in [6.45, 7) is 14.7. The van der Waals surface area contributed by atoms with Gasteiger partial charge in [0.1, 0.15) is 40.5 Å². The van der Waals surface area contributed by atoms with Crippen molar-refractivity contribution in [1.29, 1.82) is 0 Å². The quantitative estimate of drug-likeness (QED) is 0.140. The molecule has 38 heavy (non-hydrogen) atoms. The highest BCUT2D eigenvalue weighted by molar-refractivity contribution is 7.90. The highest BCUT2D eigenvalue weighted by Gasteiger charge is 2.40. The van der Waals surface area contributed by atoms with Crippen LogP contribution in [0.25, 0.3) is 0 Å². The van der Waals surface area contributed by atoms with Crippen molar-refractivity contribution in [3.63, 3.8) is 0 Å². The number of ether oxygens (including phenoxy) is 3. The van der Waals surface area contributed by atoms with Gasteiger partial charge in [-0.1, -0.05) is 60.8 Å². The van der Waals surface area contributed by atoms with E-state index in [2.05, 4.69) is 34.5 Å². The minimum absolute atomic E-state index is 0.217. The molecule has 1 N–H and O–H groups in total. The first kappa shape index (κ1) is 31.9. The molecule has 3 rings (SSSR count). The van der Waals surface area contributed by atoms with Crippen molar-refractivity contribution >= 4 is 42.6 Å². The van der Waals surface area contributed by atoms with Gasteiger partial charge in [0.25, 0.3) is 0 Å². The second-order valence-corrected chi connectivity index (χ2v) is 20.1. The van der Waals surface area contributed by atoms with E-state index in [0.29, 0.717) is 49.3 Å². The molecule has 1 fully saturated rings. The molecule has 0 bridgehead atoms. The van der Waals surface area contributed by atoms with Gasteiger partial charge in [0.05, 0.1) is 13.2 Å². The largest absolute Gasteiger partial charge is 0.598 e. The molecule has 1 aliphatic heterocycles. The molecule has 1 aliphatic rings. The van der Waals surface area contributed by atoms with Gasteiger partial charge in [-0.2, -0.15) is 0 Å². The highest BCUT2D eigenvalue weighted by atomic mass is 35.5. The average molecular weight is 610 g/mol. The third-order valence-electron chi connectivity index (χ3n) is 6.31. The van der Waals surface area contributed by atoms with Gasteiger partial charge in [0.15, 0.2) is 5.15 Å². The number of aromatic nitrogens is 3. The summed E-state index contributed by atoms with van der Waals surface area (Å²) in [7, 11) is -1.23. The van der Waals surface area contributed by atoms with Crippen LogP contribution in [0, 0.1) is 0 Å². The Morgan fingerprint density at radius 1 is 1.21 bits per heavy atom. The van der Waals surface area contributed by atoms with Crippen molar-refractivity contribution in [2.45, 2.75) is 102 Å². The topological polar surface area (TPSA) is 107 Å². The zero-order chi connectivity index (χ0) is 28.0. The molecular formula is C25H42Cl2N4O5SSi. The van der Waals surface area contributed by atoms with Gasteiger partial charge in [-0.15, -0.1) is 4.72 Å². The van der Waals surface area contributed by atoms with Gasteiger partial charge in [0.2, 0.25) is 5.79 Å². The highest BCUT2D eigenvalue weighted by Crippen LogP contribution is 2.36. The third-order valence-corrected chi connectivity index (χ3v) is 10.4. The third kappa shape index (κ3) is 8.94. The summed E-state index contributed by atoms with van der Waals surface area (Å²) in [5.74, 6) is -0.213. The molecule has 0 radical (unpaired) electrons. The fourth-order valence-electron chi connectivity index (χ4n) is 4.06. The first-order valence-corrected chi connectivity index (χ1v) is 18.8. The molecule has 9 nitrogen and oxygen atoms in total. The predicted molar refractivity (Wildman–Crippen MR) is 153 cm³/mol. The van der Waals surface area contributed by atoms with Gasteiger partial charge >= 0.3 is 0 Å². The minimum atomic E-state index is -1.31. The van der Waals surface area contributed by atoms with Gasteiger partial charge in [-0.05, 0) is 39.7 Å². The molecule has 1 unspecified atom stereocenters. The van der Waals surface area contributed by atoms with Crippen molar-refractivity contribution in [3.05, 3.63) is 34.2 Å². The lowest BCUT2D eigenvalue weighted by molar-refractivity contribution is -0.175. The summed E-state index contributed by atoms with van der Waals surface area (Å²) in [6, 6.07) is 2.51. The van der Waals surface area contributed by atoms with E-state index in [1.54, 1.807) is 10.6 Å². The van der Waals surface area contributed by atoms with Crippen LogP contribution in [0.3, 0.4) is 0 Å². The Morgan fingerprint density at radius 3 is 2.53 bits per heavy atom. The summed E-state index contributed by atoms with van der Waals surface area (Å²) in [5, 5.41) is 4.59. The summed E-state index contributed by atoms with van der Waals surface area (Å²) >= 11 is 11.6. The van der Waals surface area contributed by atoms with E-state index < -0.39 is 30.0 Å². The van der Waals surface area contributed by atoms with Crippen LogP contribution in [0.4, 0.5) is 0 Å². The lowest BCUT2D eigenvalue weighted by Crippen LogP contribution is -2.42. The number of nitrogens with one attached hydrogen (secondary N) is 1. The number of hydrogen-bond donors (Lipinski definition) is 1. The summed E-state index contributed by atoms with van der Waals surface area (Å²) in [6.07, 6.45) is 5.51. The van der Waals surface area contributed by atoms with Crippen LogP contribution < -0.4 is 4.72 Å². The Hall–Kier alpha value is -0.633. The Morgan fingerprint density at radius 2 is 1.92 bits per heavy atom. The van der Waals surface area contributed by atoms with Gasteiger partial charge in [-0.3, -0.25) is 4.57 Å². The van der Waals surface area contributed by atoms with Gasteiger partial charge in [-0.25, -0.2) is 4.98 Å². The number of rotatable bonds is 15. The summed E-state index contributed by atoms with van der Waals surface area (Å²) in [5.41, 5.74) is 0.663. The maximum absolute atomic E-state index is 13.1. The zero-order valence-electron chi connectivity index (χ0n) is 23.4. The van der Waals surface area contributed by atoms with Gasteiger partial charge < -0.3 is 23.3 Å². The Labute approximate surface area is 240 Å². The Balaban J connectivity index is 1.65. The lowest BCUT2D eigenvalue weighted by Gasteiger charge is -2.28. The molecular weight excluding hydrogens is 567 g/mol. The smallest absolute Gasteiger partial charge is 0.215 e. The minimum Gasteiger partial charge on any atom is -0.598 e. The molecule has 0 spiro atoms. The van der Waals surface area contributed by atoms with Crippen LogP contribution >= 0.6 is 23.2 Å². The van der Waals surface area contributed by atoms with Crippen molar-refractivity contribution in [2.24, 2.45) is 0 Å². The van der Waals surface area contributed by atoms with Gasteiger partial charge in [0, 0.05) is 38.5 Å². The summed E-state index contributed by atoms with van der Waals surface area (Å²) < 4.78 is 40.5. The monoisotopic (exact) mass is 608 g/mol. The van der Waals surface area contributed by atoms with E-state index in [1.165, 1.54) is 6.26 Å². The van der Waals surface area contributed by atoms with Crippen molar-refractivity contribution in [1.82, 2.24) is 19.4 Å². The number of imidazole rings is 1. The SMILES string of the molecule is CC(C)(C)[S@@+]([O-])NC(CCCCCC1(c2ccon2)OCCO1)c1nc(Cl)c(Cl)n1COCC[Si](C)(C)C. The van der Waals surface area contributed by atoms with Crippen LogP contribution in [0.15, 0.2) is 16.9 Å². The van der Waals surface area contributed by atoms with Crippen LogP contribution in [-0.2, 0) is 38.1 Å². The Bertz CT molecular complexity index is 991. The molecule has 2 atom stereocenters. The molecule has 0 aliphatic carbocycles. The van der Waals surface area contributed by atoms with Crippen LogP contribution in [0.2, 0.25) is 36.0 Å². The maximum atomic E-state index is 13.1. The lowest BCUT2D eigenvalue weighted by atomic mass is 10.0. The van der Waals surface area contributed by atoms with Crippen LogP contribution in [0.5, 0.6) is 0 Å². The van der Waals surface area contributed by atoms with E-state index in [1.807, 2.05) is 20.8 Å². The maximum Gasteiger partial charge on any atom is 0.215 e. The fraction of sp³-hybridized carbons (Fsp3) is 0.760. The molecule has 0 aromatic carbocycles. The standard InChI is InChI=1S/C25H42Cl2N4O5SSi/c1-24(2,3)37(32)30-19(23-28-21(26)22(27)31(23)18-33-16-17-38(4,5)6)10-8-7-9-12-25(34-14-15-35-25)20-11-13-36-29-20/h11,13,19,30H,7-10,12,14-18H2,1-6H3/t19?,37-/m1/s1. The van der Waals surface area contributed by atoms with Crippen LogP contribution in [-0.4, -0.2) is 51.9 Å². The predicted octanol–water partition coefficient (Wildman–Crippen LogP) is 6.43. The fourth-order valence-corrected chi connectivity index (χ4v) is 6.01. The molecule has 3 heterocycles. The number of nitrogens with zero attached hydrogens (tertiary/aromatic N) is 3. The molecule has 2 aromatic rings. The van der Waals surface area contributed by atoms with E-state index >= 15 is 0 Å². The first-order valence-electron chi connectivity index (χ1n) is 13.2. The van der Waals surface area contributed by atoms with Crippen LogP contribution in [0.1, 0.15) is 70.4 Å². The van der Waals surface area contributed by atoms with Crippen molar-refractivity contribution in [3.8, 4) is 0 Å². The second-order valence-electron chi connectivity index (χ2n) is 11.8. The molecule has 0 saturated carbocycles. The molecule has 13 heteroatoms. The number of halogens is 2. The van der Waals surface area contributed by atoms with E-state index in [4.69, 9.17) is 41.9 Å². The van der Waals surface area contributed by atoms with Crippen molar-refractivity contribution in [2.75, 3.05) is 19.8 Å². The molecule has 0 amide bonds. The first-order chi connectivity index (χ1) is 17.8. The molecule has 216 valence electrons.